The molecule has 0 aliphatic heterocycles. The summed E-state index contributed by atoms with van der Waals surface area (Å²) in [4.78, 5) is 12.1. The Bertz CT molecular complexity index is 334. The molecule has 0 saturated heterocycles. The van der Waals surface area contributed by atoms with E-state index in [2.05, 4.69) is 19.6 Å². The number of thiol groups is 1. The topological polar surface area (TPSA) is 37.3 Å². The zero-order valence-electron chi connectivity index (χ0n) is 8.16. The fraction of sp³-hybridized carbons (Fsp3) is 0.364. The van der Waals surface area contributed by atoms with Crippen LogP contribution in [-0.2, 0) is 6.42 Å². The van der Waals surface area contributed by atoms with Crippen LogP contribution < -0.4 is 0 Å². The molecule has 76 valence electrons. The monoisotopic (exact) mass is 210 g/mol. The Morgan fingerprint density at radius 3 is 2.79 bits per heavy atom. The molecule has 1 rings (SSSR count). The first-order valence-electron chi connectivity index (χ1n) is 4.65. The van der Waals surface area contributed by atoms with E-state index in [9.17, 15) is 4.79 Å². The second kappa shape index (κ2) is 5.17. The number of hydrogen-bond donors (Lipinski definition) is 2. The van der Waals surface area contributed by atoms with Gasteiger partial charge in [-0.25, -0.2) is 0 Å². The highest BCUT2D eigenvalue weighted by atomic mass is 32.1. The Kier molecular flexibility index (Phi) is 4.17. The van der Waals surface area contributed by atoms with Gasteiger partial charge in [0.2, 0.25) is 0 Å². The molecule has 0 atom stereocenters. The van der Waals surface area contributed by atoms with Crippen molar-refractivity contribution in [2.45, 2.75) is 24.7 Å². The number of hydrogen-bond acceptors (Lipinski definition) is 3. The average molecular weight is 210 g/mol. The molecule has 0 saturated carbocycles. The van der Waals surface area contributed by atoms with Crippen molar-refractivity contribution in [3.63, 3.8) is 0 Å². The van der Waals surface area contributed by atoms with E-state index in [1.165, 1.54) is 0 Å². The number of aryl methyl sites for hydroxylation is 1. The first kappa shape index (κ1) is 11.3. The Hall–Kier alpha value is -0.800. The summed E-state index contributed by atoms with van der Waals surface area (Å²) in [6.45, 7) is 1.64. The summed E-state index contributed by atoms with van der Waals surface area (Å²) in [5.74, 6) is -0.240. The molecule has 3 heteroatoms. The molecule has 0 aromatic heterocycles. The van der Waals surface area contributed by atoms with Crippen molar-refractivity contribution in [3.05, 3.63) is 29.3 Å². The molecule has 1 N–H and O–H groups in total. The summed E-state index contributed by atoms with van der Waals surface area (Å²) < 4.78 is 0. The number of carbonyl (C=O) groups excluding carboxylic acids is 1. The van der Waals surface area contributed by atoms with Crippen molar-refractivity contribution in [2.24, 2.45) is 0 Å². The Morgan fingerprint density at radius 2 is 2.21 bits per heavy atom. The maximum atomic E-state index is 11.2. The van der Waals surface area contributed by atoms with E-state index in [0.717, 1.165) is 23.3 Å². The number of Topliss-reactive ketones (excluding diaryl/α,β-unsaturated/α-hetero) is 1. The van der Waals surface area contributed by atoms with E-state index >= 15 is 0 Å². The lowest BCUT2D eigenvalue weighted by atomic mass is 10.0. The molecule has 0 aliphatic carbocycles. The third-order valence-electron chi connectivity index (χ3n) is 2.06. The number of carbonyl (C=O) groups is 1. The standard InChI is InChI=1S/C11H14O2S/c1-2-3-9-6-8(10(13)7-12)4-5-11(9)14/h4-6,12,14H,2-3,7H2,1H3. The van der Waals surface area contributed by atoms with Crippen molar-refractivity contribution >= 4 is 18.4 Å². The number of benzene rings is 1. The molecule has 1 aromatic rings. The van der Waals surface area contributed by atoms with Gasteiger partial charge >= 0.3 is 0 Å². The van der Waals surface area contributed by atoms with Gasteiger partial charge in [-0.15, -0.1) is 12.6 Å². The van der Waals surface area contributed by atoms with Gasteiger partial charge in [-0.3, -0.25) is 4.79 Å². The van der Waals surface area contributed by atoms with Crippen LogP contribution >= 0.6 is 12.6 Å². The number of aliphatic hydroxyl groups is 1. The van der Waals surface area contributed by atoms with E-state index in [0.29, 0.717) is 5.56 Å². The Balaban J connectivity index is 2.99. The van der Waals surface area contributed by atoms with E-state index in [1.807, 2.05) is 6.07 Å². The maximum absolute atomic E-state index is 11.2. The van der Waals surface area contributed by atoms with Crippen LogP contribution in [0.15, 0.2) is 23.1 Å². The fourth-order valence-electron chi connectivity index (χ4n) is 1.32. The molecule has 14 heavy (non-hydrogen) atoms. The van der Waals surface area contributed by atoms with Crippen molar-refractivity contribution in [1.29, 1.82) is 0 Å². The summed E-state index contributed by atoms with van der Waals surface area (Å²) in [5, 5.41) is 8.71. The zero-order chi connectivity index (χ0) is 10.6. The fourth-order valence-corrected chi connectivity index (χ4v) is 1.57. The summed E-state index contributed by atoms with van der Waals surface area (Å²) in [5.41, 5.74) is 1.63. The largest absolute Gasteiger partial charge is 0.388 e. The molecule has 2 nitrogen and oxygen atoms in total. The van der Waals surface area contributed by atoms with Gasteiger partial charge in [-0.2, -0.15) is 0 Å². The normalized spacial score (nSPS) is 10.2. The van der Waals surface area contributed by atoms with Gasteiger partial charge in [0.1, 0.15) is 6.61 Å². The number of ketones is 1. The summed E-state index contributed by atoms with van der Waals surface area (Å²) in [6.07, 6.45) is 1.93. The van der Waals surface area contributed by atoms with Gasteiger partial charge in [-0.05, 0) is 24.1 Å². The maximum Gasteiger partial charge on any atom is 0.188 e. The van der Waals surface area contributed by atoms with Gasteiger partial charge in [-0.1, -0.05) is 19.4 Å². The summed E-state index contributed by atoms with van der Waals surface area (Å²) in [7, 11) is 0. The molecule has 0 amide bonds. The van der Waals surface area contributed by atoms with Crippen LogP contribution in [0.3, 0.4) is 0 Å². The molecule has 0 bridgehead atoms. The molecule has 0 heterocycles. The van der Waals surface area contributed by atoms with E-state index in [1.54, 1.807) is 12.1 Å². The molecular formula is C11H14O2S. The molecule has 0 radical (unpaired) electrons. The number of aliphatic hydroxyl groups excluding tert-OH is 1. The van der Waals surface area contributed by atoms with Crippen LogP contribution in [0, 0.1) is 0 Å². The quantitative estimate of drug-likeness (QED) is 0.590. The van der Waals surface area contributed by atoms with Crippen molar-refractivity contribution in [3.8, 4) is 0 Å². The lowest BCUT2D eigenvalue weighted by Crippen LogP contribution is -2.05. The van der Waals surface area contributed by atoms with E-state index in [-0.39, 0.29) is 5.78 Å². The highest BCUT2D eigenvalue weighted by molar-refractivity contribution is 7.80. The first-order chi connectivity index (χ1) is 6.69. The second-order valence-electron chi connectivity index (χ2n) is 3.17. The van der Waals surface area contributed by atoms with Gasteiger partial charge in [0.15, 0.2) is 5.78 Å². The van der Waals surface area contributed by atoms with Gasteiger partial charge in [0.25, 0.3) is 0 Å². The minimum absolute atomic E-state index is 0.240. The van der Waals surface area contributed by atoms with Crippen LogP contribution in [0.1, 0.15) is 29.3 Å². The minimum atomic E-state index is -0.433. The third kappa shape index (κ3) is 2.59. The number of rotatable bonds is 4. The summed E-state index contributed by atoms with van der Waals surface area (Å²) in [6, 6.07) is 5.31. The molecule has 0 fully saturated rings. The highest BCUT2D eigenvalue weighted by Crippen LogP contribution is 2.17. The minimum Gasteiger partial charge on any atom is -0.388 e. The smallest absolute Gasteiger partial charge is 0.188 e. The third-order valence-corrected chi connectivity index (χ3v) is 2.50. The highest BCUT2D eigenvalue weighted by Gasteiger charge is 2.06. The van der Waals surface area contributed by atoms with Gasteiger partial charge in [0, 0.05) is 10.5 Å². The molecule has 0 unspecified atom stereocenters. The SMILES string of the molecule is CCCc1cc(C(=O)CO)ccc1S. The van der Waals surface area contributed by atoms with Crippen LogP contribution in [0.2, 0.25) is 0 Å². The van der Waals surface area contributed by atoms with Crippen LogP contribution in [-0.4, -0.2) is 17.5 Å². The van der Waals surface area contributed by atoms with Crippen LogP contribution in [0.5, 0.6) is 0 Å². The second-order valence-corrected chi connectivity index (χ2v) is 3.66. The van der Waals surface area contributed by atoms with Crippen molar-refractivity contribution in [2.75, 3.05) is 6.61 Å². The van der Waals surface area contributed by atoms with E-state index in [4.69, 9.17) is 5.11 Å². The van der Waals surface area contributed by atoms with Crippen molar-refractivity contribution < 1.29 is 9.90 Å². The van der Waals surface area contributed by atoms with E-state index < -0.39 is 6.61 Å². The first-order valence-corrected chi connectivity index (χ1v) is 5.09. The molecule has 0 aliphatic rings. The Labute approximate surface area is 89.4 Å². The summed E-state index contributed by atoms with van der Waals surface area (Å²) >= 11 is 4.30. The van der Waals surface area contributed by atoms with Crippen LogP contribution in [0.25, 0.3) is 0 Å². The molecule has 1 aromatic carbocycles. The zero-order valence-corrected chi connectivity index (χ0v) is 9.05. The lowest BCUT2D eigenvalue weighted by Gasteiger charge is -2.05. The Morgan fingerprint density at radius 1 is 1.50 bits per heavy atom. The molecular weight excluding hydrogens is 196 g/mol. The van der Waals surface area contributed by atoms with Crippen LogP contribution in [0.4, 0.5) is 0 Å². The predicted molar refractivity (Wildman–Crippen MR) is 59.1 cm³/mol. The van der Waals surface area contributed by atoms with Crippen molar-refractivity contribution in [1.82, 2.24) is 0 Å². The predicted octanol–water partition coefficient (Wildman–Crippen LogP) is 2.10. The molecule has 0 spiro atoms. The lowest BCUT2D eigenvalue weighted by molar-refractivity contribution is 0.0903. The van der Waals surface area contributed by atoms with Gasteiger partial charge < -0.3 is 5.11 Å². The van der Waals surface area contributed by atoms with Gasteiger partial charge in [0.05, 0.1) is 0 Å². The average Bonchev–Trinajstić information content (AvgIpc) is 2.20.